The summed E-state index contributed by atoms with van der Waals surface area (Å²) in [5.74, 6) is -0.115. The van der Waals surface area contributed by atoms with E-state index in [1.165, 1.54) is 45.4 Å². The zero-order valence-electron chi connectivity index (χ0n) is 32.4. The van der Waals surface area contributed by atoms with Crippen LogP contribution in [0.4, 0.5) is 0 Å². The fourth-order valence-electron chi connectivity index (χ4n) is 3.69. The van der Waals surface area contributed by atoms with Crippen LogP contribution in [0, 0.1) is 11.3 Å². The molecule has 0 aliphatic rings. The van der Waals surface area contributed by atoms with Crippen molar-refractivity contribution in [1.29, 1.82) is 5.26 Å². The summed E-state index contributed by atoms with van der Waals surface area (Å²) in [5, 5.41) is 34.3. The van der Waals surface area contributed by atoms with Crippen molar-refractivity contribution < 1.29 is 87.9 Å². The first-order valence-corrected chi connectivity index (χ1v) is 15.6. The Morgan fingerprint density at radius 2 is 0.811 bits per heavy atom. The van der Waals surface area contributed by atoms with E-state index < -0.39 is 17.9 Å². The predicted molar refractivity (Wildman–Crippen MR) is 192 cm³/mol. The molecule has 3 aromatic carbocycles. The van der Waals surface area contributed by atoms with Crippen LogP contribution < -0.4 is 37.8 Å². The van der Waals surface area contributed by atoms with E-state index in [0.717, 1.165) is 6.07 Å². The quantitative estimate of drug-likeness (QED) is 0.188. The van der Waals surface area contributed by atoms with E-state index in [1.54, 1.807) is 30.3 Å². The molecule has 0 aliphatic carbocycles. The van der Waals surface area contributed by atoms with Crippen LogP contribution in [0.2, 0.25) is 0 Å². The number of carbonyl (C=O) groups is 3. The van der Waals surface area contributed by atoms with Crippen LogP contribution in [-0.4, -0.2) is 82.8 Å². The maximum atomic E-state index is 11.6. The van der Waals surface area contributed by atoms with Crippen LogP contribution in [0.5, 0.6) is 34.5 Å². The first kappa shape index (κ1) is 54.6. The third-order valence-corrected chi connectivity index (χ3v) is 5.24. The first-order valence-electron chi connectivity index (χ1n) is 15.6. The summed E-state index contributed by atoms with van der Waals surface area (Å²) in [5.41, 5.74) is 0.708. The number of nitriles is 1. The summed E-state index contributed by atoms with van der Waals surface area (Å²) in [6.07, 6.45) is 0.0477. The molecule has 15 nitrogen and oxygen atoms in total. The van der Waals surface area contributed by atoms with Crippen LogP contribution in [0.25, 0.3) is 0 Å². The number of nitrogens with zero attached hydrogens (tertiary/aromatic N) is 1. The van der Waals surface area contributed by atoms with Gasteiger partial charge in [-0.25, -0.2) is 14.4 Å². The van der Waals surface area contributed by atoms with Crippen molar-refractivity contribution >= 4 is 17.9 Å². The van der Waals surface area contributed by atoms with Crippen molar-refractivity contribution in [3.8, 4) is 40.6 Å². The van der Waals surface area contributed by atoms with Crippen molar-refractivity contribution in [2.45, 2.75) is 86.7 Å². The second-order valence-corrected chi connectivity index (χ2v) is 11.3. The second-order valence-electron chi connectivity index (χ2n) is 11.3. The van der Waals surface area contributed by atoms with E-state index in [2.05, 4.69) is 4.74 Å². The second kappa shape index (κ2) is 28.5. The topological polar surface area (TPSA) is 253 Å². The summed E-state index contributed by atoms with van der Waals surface area (Å²) in [6.45, 7) is 16.7. The van der Waals surface area contributed by atoms with Crippen molar-refractivity contribution in [3.05, 3.63) is 71.3 Å². The van der Waals surface area contributed by atoms with Crippen molar-refractivity contribution in [1.82, 2.24) is 0 Å². The predicted octanol–water partition coefficient (Wildman–Crippen LogP) is 3.42. The van der Waals surface area contributed by atoms with Gasteiger partial charge in [-0.3, -0.25) is 0 Å². The molecule has 0 heterocycles. The molecule has 290 valence electrons. The standard InChI is InChI=1S/C14H20O4.C13H18O4.C8H8O4.C2H3N.Li.2H2O/c1-9(2)17-12-6-11(14(15)16-5)7-13(8-12)18-10(3)4;1-8(2)16-11-5-10(13(14)15)6-12(7-11)17-9(3)4;1-12-8(11)5-2-6(9)4-7(10)3-5;1-2-3;;;/h6-10H,1-5H3;5-9H,1-4H3,(H,14,15);2-4,9-10H,1H3;1H3;;2*1H2/q;;;;+1;;/p-1. The Bertz CT molecular complexity index is 1490. The van der Waals surface area contributed by atoms with Gasteiger partial charge in [0.2, 0.25) is 0 Å². The molecule has 0 radical (unpaired) electrons. The molecule has 16 heteroatoms. The number of carboxylic acid groups (broad SMARTS) is 1. The Labute approximate surface area is 323 Å². The summed E-state index contributed by atoms with van der Waals surface area (Å²) in [4.78, 5) is 33.4. The third-order valence-electron chi connectivity index (χ3n) is 5.24. The smallest absolute Gasteiger partial charge is 0.870 e. The van der Waals surface area contributed by atoms with Crippen molar-refractivity contribution in [2.24, 2.45) is 0 Å². The number of aromatic carboxylic acids is 1. The average Bonchev–Trinajstić information content (AvgIpc) is 2.99. The number of rotatable bonds is 11. The van der Waals surface area contributed by atoms with E-state index in [-0.39, 0.29) is 76.9 Å². The minimum atomic E-state index is -0.993. The minimum Gasteiger partial charge on any atom is -0.870 e. The minimum absolute atomic E-state index is 0. The zero-order valence-corrected chi connectivity index (χ0v) is 32.4. The van der Waals surface area contributed by atoms with E-state index in [4.69, 9.17) is 44.3 Å². The van der Waals surface area contributed by atoms with E-state index in [0.29, 0.717) is 28.6 Å². The largest absolute Gasteiger partial charge is 1.00 e. The molecule has 0 saturated heterocycles. The Morgan fingerprint density at radius 1 is 0.566 bits per heavy atom. The maximum Gasteiger partial charge on any atom is 1.00 e. The van der Waals surface area contributed by atoms with Gasteiger partial charge in [-0.2, -0.15) is 5.26 Å². The summed E-state index contributed by atoms with van der Waals surface area (Å²) in [6, 6.07) is 15.1. The number of hydrogen-bond acceptors (Lipinski definition) is 13. The molecule has 0 fully saturated rings. The summed E-state index contributed by atoms with van der Waals surface area (Å²) >= 11 is 0. The summed E-state index contributed by atoms with van der Waals surface area (Å²) in [7, 11) is 2.57. The summed E-state index contributed by atoms with van der Waals surface area (Å²) < 4.78 is 31.2. The number of ether oxygens (including phenoxy) is 6. The molecule has 0 amide bonds. The number of phenolic OH excluding ortho intramolecular Hbond substituents is 2. The molecule has 3 rings (SSSR count). The number of esters is 2. The number of phenols is 2. The van der Waals surface area contributed by atoms with Gasteiger partial charge in [-0.1, -0.05) is 0 Å². The van der Waals surface area contributed by atoms with Gasteiger partial charge in [0.25, 0.3) is 0 Å². The molecule has 0 aliphatic heterocycles. The molecule has 0 saturated carbocycles. The van der Waals surface area contributed by atoms with E-state index in [1.807, 2.05) is 55.4 Å². The Kier molecular flexibility index (Phi) is 29.3. The van der Waals surface area contributed by atoms with Crippen molar-refractivity contribution in [2.75, 3.05) is 14.2 Å². The Balaban J connectivity index is -0.000000323. The fourth-order valence-corrected chi connectivity index (χ4v) is 3.69. The van der Waals surface area contributed by atoms with Gasteiger partial charge in [0, 0.05) is 25.1 Å². The van der Waals surface area contributed by atoms with Crippen LogP contribution in [-0.2, 0) is 9.47 Å². The number of aromatic hydroxyl groups is 2. The monoisotopic (exact) mass is 741 g/mol. The molecule has 0 atom stereocenters. The number of carboxylic acids is 1. The molecule has 3 aromatic rings. The van der Waals surface area contributed by atoms with E-state index >= 15 is 0 Å². The first-order chi connectivity index (χ1) is 23.3. The van der Waals surface area contributed by atoms with Gasteiger partial charge in [-0.15, -0.1) is 0 Å². The molecule has 6 N–H and O–H groups in total. The number of hydrogen-bond donors (Lipinski definition) is 3. The molecule has 0 aromatic heterocycles. The van der Waals surface area contributed by atoms with Gasteiger partial charge in [0.1, 0.15) is 34.5 Å². The van der Waals surface area contributed by atoms with Crippen LogP contribution in [0.15, 0.2) is 54.6 Å². The number of carbonyl (C=O) groups excluding carboxylic acids is 2. The Morgan fingerprint density at radius 3 is 1.04 bits per heavy atom. The van der Waals surface area contributed by atoms with Gasteiger partial charge < -0.3 is 54.7 Å². The van der Waals surface area contributed by atoms with Gasteiger partial charge in [0.15, 0.2) is 0 Å². The van der Waals surface area contributed by atoms with Crippen LogP contribution >= 0.6 is 0 Å². The van der Waals surface area contributed by atoms with Gasteiger partial charge in [-0.05, 0) is 91.8 Å². The normalized spacial score (nSPS) is 9.32. The Hall–Kier alpha value is -5.12. The SMILES string of the molecule is CC#N.CC(C)Oc1cc(OC(C)C)cc(C(=O)O)c1.COC(=O)c1cc(O)cc(O)c1.COC(=O)c1cc(OC(C)C)cc(OC(C)C)c1.O.[Li+].[OH-]. The molecule has 0 spiro atoms. The fraction of sp³-hybridized carbons (Fsp3) is 0.405. The molecule has 0 bridgehead atoms. The van der Waals surface area contributed by atoms with Gasteiger partial charge >= 0.3 is 36.8 Å². The molecular formula is C37H52LiNO14. The van der Waals surface area contributed by atoms with Gasteiger partial charge in [0.05, 0.1) is 61.4 Å². The molecule has 0 unspecified atom stereocenters. The molecular weight excluding hydrogens is 689 g/mol. The van der Waals surface area contributed by atoms with E-state index in [9.17, 15) is 14.4 Å². The number of methoxy groups -OCH3 is 2. The zero-order chi connectivity index (χ0) is 38.6. The maximum absolute atomic E-state index is 11.6. The van der Waals surface area contributed by atoms with Crippen molar-refractivity contribution in [3.63, 3.8) is 0 Å². The average molecular weight is 742 g/mol. The third kappa shape index (κ3) is 23.9. The molecule has 53 heavy (non-hydrogen) atoms. The number of benzene rings is 3. The van der Waals surface area contributed by atoms with Crippen LogP contribution in [0.3, 0.4) is 0 Å². The van der Waals surface area contributed by atoms with Crippen LogP contribution in [0.1, 0.15) is 93.4 Å².